The molecule has 7 atom stereocenters. The van der Waals surface area contributed by atoms with Crippen molar-refractivity contribution in [3.05, 3.63) is 23.8 Å². The highest BCUT2D eigenvalue weighted by atomic mass is 32.2. The van der Waals surface area contributed by atoms with E-state index in [9.17, 15) is 14.4 Å². The lowest BCUT2D eigenvalue weighted by Crippen LogP contribution is -2.50. The van der Waals surface area contributed by atoms with E-state index in [4.69, 9.17) is 0 Å². The molecular formula is C26H37NO3S. The number of amides is 1. The van der Waals surface area contributed by atoms with Crippen molar-refractivity contribution in [3.8, 4) is 0 Å². The Hall–Kier alpha value is -1.36. The molecule has 0 spiro atoms. The van der Waals surface area contributed by atoms with Crippen molar-refractivity contribution in [3.63, 3.8) is 0 Å². The van der Waals surface area contributed by atoms with Gasteiger partial charge in [0.05, 0.1) is 0 Å². The Bertz CT molecular complexity index is 833. The number of fused-ring (bicyclic) bond motifs is 5. The van der Waals surface area contributed by atoms with Gasteiger partial charge in [0.15, 0.2) is 10.9 Å². The summed E-state index contributed by atoms with van der Waals surface area (Å²) in [6.07, 6.45) is 12.9. The predicted molar refractivity (Wildman–Crippen MR) is 125 cm³/mol. The molecule has 7 unspecified atom stereocenters. The van der Waals surface area contributed by atoms with Gasteiger partial charge in [-0.25, -0.2) is 0 Å². The standard InChI is InChI=1S/C26H37NO3S/c1-16(24(30)31-14-13-27-17(2)28)21-7-8-22-20-6-5-18-15-19(29)9-11-25(18,3)23(20)10-12-26(21,22)4/h9,11,15-16,20-23H,5-8,10,12-14H2,1-4H3,(H,27,28). The Kier molecular flexibility index (Phi) is 6.28. The van der Waals surface area contributed by atoms with Crippen LogP contribution in [-0.2, 0) is 14.4 Å². The normalized spacial score (nSPS) is 39.7. The van der Waals surface area contributed by atoms with Crippen LogP contribution in [0.4, 0.5) is 0 Å². The molecule has 5 heteroatoms. The maximum absolute atomic E-state index is 12.9. The third kappa shape index (κ3) is 3.96. The molecule has 170 valence electrons. The SMILES string of the molecule is CC(=O)NCCSC(=O)C(C)C1CCC2C3CCC4=CC(=O)C=CC4(C)C3CCC12C. The zero-order valence-electron chi connectivity index (χ0n) is 19.4. The topological polar surface area (TPSA) is 63.2 Å². The molecule has 0 aromatic rings. The number of nitrogens with one attached hydrogen (secondary N) is 1. The van der Waals surface area contributed by atoms with Crippen molar-refractivity contribution in [1.82, 2.24) is 5.32 Å². The Morgan fingerprint density at radius 2 is 1.97 bits per heavy atom. The van der Waals surface area contributed by atoms with Gasteiger partial charge < -0.3 is 5.32 Å². The van der Waals surface area contributed by atoms with Gasteiger partial charge in [0.25, 0.3) is 0 Å². The van der Waals surface area contributed by atoms with E-state index in [1.54, 1.807) is 6.08 Å². The monoisotopic (exact) mass is 443 g/mol. The second kappa shape index (κ2) is 8.53. The number of hydrogen-bond donors (Lipinski definition) is 1. The van der Waals surface area contributed by atoms with E-state index >= 15 is 0 Å². The first kappa shape index (κ1) is 22.8. The van der Waals surface area contributed by atoms with Crippen LogP contribution in [0.15, 0.2) is 23.8 Å². The fourth-order valence-corrected chi connectivity index (χ4v) is 8.57. The largest absolute Gasteiger partial charge is 0.356 e. The van der Waals surface area contributed by atoms with Crippen LogP contribution in [0.25, 0.3) is 0 Å². The molecule has 0 radical (unpaired) electrons. The summed E-state index contributed by atoms with van der Waals surface area (Å²) >= 11 is 1.39. The average Bonchev–Trinajstić information content (AvgIpc) is 3.08. The molecule has 0 aromatic carbocycles. The summed E-state index contributed by atoms with van der Waals surface area (Å²) in [6, 6.07) is 0. The molecule has 3 saturated carbocycles. The van der Waals surface area contributed by atoms with Gasteiger partial charge in [-0.2, -0.15) is 0 Å². The summed E-state index contributed by atoms with van der Waals surface area (Å²) in [5.74, 6) is 3.27. The highest BCUT2D eigenvalue weighted by molar-refractivity contribution is 8.13. The molecule has 3 fully saturated rings. The van der Waals surface area contributed by atoms with E-state index in [1.165, 1.54) is 49.9 Å². The van der Waals surface area contributed by atoms with E-state index in [2.05, 4.69) is 32.2 Å². The Balaban J connectivity index is 1.45. The van der Waals surface area contributed by atoms with E-state index < -0.39 is 0 Å². The van der Waals surface area contributed by atoms with Crippen LogP contribution >= 0.6 is 11.8 Å². The zero-order valence-corrected chi connectivity index (χ0v) is 20.2. The van der Waals surface area contributed by atoms with Crippen LogP contribution < -0.4 is 5.32 Å². The Morgan fingerprint density at radius 1 is 1.19 bits per heavy atom. The molecular weight excluding hydrogens is 406 g/mol. The third-order valence-corrected chi connectivity index (χ3v) is 10.4. The molecule has 0 aliphatic heterocycles. The van der Waals surface area contributed by atoms with Gasteiger partial charge in [-0.05, 0) is 79.8 Å². The van der Waals surface area contributed by atoms with Gasteiger partial charge >= 0.3 is 0 Å². The predicted octanol–water partition coefficient (Wildman–Crippen LogP) is 4.94. The van der Waals surface area contributed by atoms with Gasteiger partial charge in [0.2, 0.25) is 5.91 Å². The van der Waals surface area contributed by atoms with Crippen molar-refractivity contribution >= 4 is 28.6 Å². The second-order valence-corrected chi connectivity index (χ2v) is 11.9. The smallest absolute Gasteiger partial charge is 0.216 e. The summed E-state index contributed by atoms with van der Waals surface area (Å²) in [5, 5.41) is 3.07. The van der Waals surface area contributed by atoms with E-state index in [0.717, 1.165) is 12.8 Å². The number of hydrogen-bond acceptors (Lipinski definition) is 4. The molecule has 0 heterocycles. The van der Waals surface area contributed by atoms with E-state index in [0.29, 0.717) is 36.0 Å². The zero-order chi connectivity index (χ0) is 22.4. The van der Waals surface area contributed by atoms with Crippen molar-refractivity contribution in [2.45, 2.75) is 66.2 Å². The van der Waals surface area contributed by atoms with Crippen LogP contribution in [0.1, 0.15) is 66.2 Å². The molecule has 1 N–H and O–H groups in total. The van der Waals surface area contributed by atoms with Gasteiger partial charge in [-0.15, -0.1) is 0 Å². The van der Waals surface area contributed by atoms with E-state index in [1.807, 2.05) is 6.08 Å². The molecule has 4 rings (SSSR count). The average molecular weight is 444 g/mol. The first-order chi connectivity index (χ1) is 14.7. The summed E-state index contributed by atoms with van der Waals surface area (Å²) in [7, 11) is 0. The highest BCUT2D eigenvalue weighted by Gasteiger charge is 2.59. The van der Waals surface area contributed by atoms with Crippen molar-refractivity contribution in [1.29, 1.82) is 0 Å². The molecule has 31 heavy (non-hydrogen) atoms. The lowest BCUT2D eigenvalue weighted by Gasteiger charge is -2.57. The van der Waals surface area contributed by atoms with Crippen molar-refractivity contribution in [2.24, 2.45) is 40.4 Å². The fourth-order valence-electron chi connectivity index (χ4n) is 7.73. The van der Waals surface area contributed by atoms with Gasteiger partial charge in [-0.3, -0.25) is 14.4 Å². The molecule has 0 aromatic heterocycles. The minimum Gasteiger partial charge on any atom is -0.356 e. The summed E-state index contributed by atoms with van der Waals surface area (Å²) in [5.41, 5.74) is 1.62. The molecule has 0 saturated heterocycles. The van der Waals surface area contributed by atoms with Crippen molar-refractivity contribution in [2.75, 3.05) is 12.3 Å². The van der Waals surface area contributed by atoms with Gasteiger partial charge in [0, 0.05) is 30.6 Å². The molecule has 1 amide bonds. The minimum atomic E-state index is -0.0413. The second-order valence-electron chi connectivity index (χ2n) is 10.8. The maximum atomic E-state index is 12.9. The van der Waals surface area contributed by atoms with Gasteiger partial charge in [0.1, 0.15) is 0 Å². The van der Waals surface area contributed by atoms with Crippen LogP contribution in [0.3, 0.4) is 0 Å². The van der Waals surface area contributed by atoms with Gasteiger partial charge in [-0.1, -0.05) is 44.2 Å². The summed E-state index contributed by atoms with van der Waals surface area (Å²) < 4.78 is 0. The molecule has 4 aliphatic carbocycles. The Labute approximate surface area is 191 Å². The van der Waals surface area contributed by atoms with E-state index in [-0.39, 0.29) is 33.6 Å². The lowest BCUT2D eigenvalue weighted by molar-refractivity contribution is -0.119. The lowest BCUT2D eigenvalue weighted by atomic mass is 9.47. The summed E-state index contributed by atoms with van der Waals surface area (Å²) in [6.45, 7) is 9.01. The molecule has 4 nitrogen and oxygen atoms in total. The fraction of sp³-hybridized carbons (Fsp3) is 0.731. The minimum absolute atomic E-state index is 0.0389. The Morgan fingerprint density at radius 3 is 2.71 bits per heavy atom. The highest BCUT2D eigenvalue weighted by Crippen LogP contribution is 2.67. The van der Waals surface area contributed by atoms with Crippen molar-refractivity contribution < 1.29 is 14.4 Å². The molecule has 4 aliphatic rings. The number of carbonyl (C=O) groups is 3. The van der Waals surface area contributed by atoms with Crippen LogP contribution in [0.2, 0.25) is 0 Å². The number of carbonyl (C=O) groups excluding carboxylic acids is 3. The summed E-state index contributed by atoms with van der Waals surface area (Å²) in [4.78, 5) is 35.9. The van der Waals surface area contributed by atoms with Crippen LogP contribution in [-0.4, -0.2) is 29.1 Å². The number of ketones is 1. The number of thioether (sulfide) groups is 1. The molecule has 0 bridgehead atoms. The number of rotatable bonds is 5. The number of allylic oxidation sites excluding steroid dienone is 4. The first-order valence-corrected chi connectivity index (χ1v) is 13.0. The maximum Gasteiger partial charge on any atom is 0.216 e. The third-order valence-electron chi connectivity index (χ3n) is 9.33. The first-order valence-electron chi connectivity index (χ1n) is 12.0. The van der Waals surface area contributed by atoms with Crippen LogP contribution in [0.5, 0.6) is 0 Å². The quantitative estimate of drug-likeness (QED) is 0.611. The van der Waals surface area contributed by atoms with Crippen LogP contribution in [0, 0.1) is 40.4 Å².